The molecule has 1 saturated carbocycles. The van der Waals surface area contributed by atoms with E-state index in [2.05, 4.69) is 10.1 Å². The summed E-state index contributed by atoms with van der Waals surface area (Å²) in [6, 6.07) is -0.00299. The zero-order chi connectivity index (χ0) is 13.4. The number of carbonyl (C=O) groups excluding carboxylic acids is 1. The molecule has 1 N–H and O–H groups in total. The van der Waals surface area contributed by atoms with Crippen LogP contribution in [-0.2, 0) is 9.53 Å². The predicted molar refractivity (Wildman–Crippen MR) is 66.1 cm³/mol. The Balaban J connectivity index is 2.17. The summed E-state index contributed by atoms with van der Waals surface area (Å²) in [7, 11) is 0. The van der Waals surface area contributed by atoms with Gasteiger partial charge in [-0.25, -0.2) is 8.78 Å². The number of amides is 1. The topological polar surface area (TPSA) is 38.3 Å². The van der Waals surface area contributed by atoms with E-state index in [0.717, 1.165) is 32.1 Å². The van der Waals surface area contributed by atoms with Crippen molar-refractivity contribution in [1.29, 1.82) is 0 Å². The van der Waals surface area contributed by atoms with Crippen LogP contribution >= 0.6 is 11.6 Å². The van der Waals surface area contributed by atoms with Crippen molar-refractivity contribution in [1.82, 2.24) is 5.32 Å². The van der Waals surface area contributed by atoms with Crippen LogP contribution in [0.2, 0.25) is 0 Å². The molecular formula is C12H20ClF2NO2. The van der Waals surface area contributed by atoms with E-state index in [-0.39, 0.29) is 30.4 Å². The van der Waals surface area contributed by atoms with Gasteiger partial charge >= 0.3 is 0 Å². The summed E-state index contributed by atoms with van der Waals surface area (Å²) < 4.78 is 28.2. The Labute approximate surface area is 111 Å². The number of hydrogen-bond acceptors (Lipinski definition) is 2. The highest BCUT2D eigenvalue weighted by molar-refractivity contribution is 6.21. The largest absolute Gasteiger partial charge is 0.375 e. The molecule has 1 fully saturated rings. The standard InChI is InChI=1S/C12H20ClF2NO2/c13-9-4-2-1-3-5-10(9)16-12(17)6-7-18-8-11(14)15/h9-11H,1-8H2,(H,16,17). The number of alkyl halides is 3. The van der Waals surface area contributed by atoms with E-state index in [4.69, 9.17) is 11.6 Å². The van der Waals surface area contributed by atoms with Crippen LogP contribution in [0.3, 0.4) is 0 Å². The van der Waals surface area contributed by atoms with Gasteiger partial charge in [-0.05, 0) is 12.8 Å². The highest BCUT2D eigenvalue weighted by atomic mass is 35.5. The minimum Gasteiger partial charge on any atom is -0.375 e. The predicted octanol–water partition coefficient (Wildman–Crippen LogP) is 2.71. The van der Waals surface area contributed by atoms with Crippen molar-refractivity contribution in [2.75, 3.05) is 13.2 Å². The molecule has 2 atom stereocenters. The maximum absolute atomic E-state index is 11.8. The van der Waals surface area contributed by atoms with E-state index < -0.39 is 13.0 Å². The van der Waals surface area contributed by atoms with Crippen molar-refractivity contribution in [3.63, 3.8) is 0 Å². The highest BCUT2D eigenvalue weighted by Gasteiger charge is 2.22. The lowest BCUT2D eigenvalue weighted by atomic mass is 10.1. The monoisotopic (exact) mass is 283 g/mol. The lowest BCUT2D eigenvalue weighted by Crippen LogP contribution is -2.40. The maximum Gasteiger partial charge on any atom is 0.261 e. The van der Waals surface area contributed by atoms with Crippen molar-refractivity contribution in [2.24, 2.45) is 0 Å². The molecule has 0 spiro atoms. The number of rotatable bonds is 6. The fourth-order valence-corrected chi connectivity index (χ4v) is 2.38. The van der Waals surface area contributed by atoms with E-state index in [1.807, 2.05) is 0 Å². The highest BCUT2D eigenvalue weighted by Crippen LogP contribution is 2.22. The van der Waals surface area contributed by atoms with Crippen LogP contribution < -0.4 is 5.32 Å². The zero-order valence-electron chi connectivity index (χ0n) is 10.3. The van der Waals surface area contributed by atoms with Gasteiger partial charge < -0.3 is 10.1 Å². The van der Waals surface area contributed by atoms with Crippen LogP contribution in [0.1, 0.15) is 38.5 Å². The smallest absolute Gasteiger partial charge is 0.261 e. The second-order valence-corrected chi connectivity index (χ2v) is 5.10. The minimum atomic E-state index is -2.48. The van der Waals surface area contributed by atoms with Crippen LogP contribution in [0.4, 0.5) is 8.78 Å². The van der Waals surface area contributed by atoms with Gasteiger partial charge in [0.25, 0.3) is 6.43 Å². The SMILES string of the molecule is O=C(CCOCC(F)F)NC1CCCCCC1Cl. The molecule has 6 heteroatoms. The third kappa shape index (κ3) is 6.50. The molecule has 1 amide bonds. The molecule has 0 saturated heterocycles. The summed E-state index contributed by atoms with van der Waals surface area (Å²) in [6.45, 7) is -0.593. The lowest BCUT2D eigenvalue weighted by Gasteiger charge is -2.21. The molecule has 0 radical (unpaired) electrons. The van der Waals surface area contributed by atoms with Gasteiger partial charge in [-0.1, -0.05) is 19.3 Å². The normalized spacial score (nSPS) is 24.9. The second kappa shape index (κ2) is 8.64. The van der Waals surface area contributed by atoms with E-state index in [1.165, 1.54) is 0 Å². The van der Waals surface area contributed by atoms with Crippen molar-refractivity contribution in [3.8, 4) is 0 Å². The molecule has 106 valence electrons. The number of carbonyl (C=O) groups is 1. The Morgan fingerprint density at radius 2 is 2.06 bits per heavy atom. The first-order chi connectivity index (χ1) is 8.59. The first kappa shape index (κ1) is 15.6. The number of ether oxygens (including phenoxy) is 1. The van der Waals surface area contributed by atoms with Gasteiger partial charge in [0, 0.05) is 12.5 Å². The molecule has 2 unspecified atom stereocenters. The second-order valence-electron chi connectivity index (χ2n) is 4.54. The molecule has 3 nitrogen and oxygen atoms in total. The minimum absolute atomic E-state index is 0.00299. The van der Waals surface area contributed by atoms with E-state index in [0.29, 0.717) is 0 Å². The molecule has 1 rings (SSSR count). The van der Waals surface area contributed by atoms with Gasteiger partial charge in [-0.3, -0.25) is 4.79 Å². The fraction of sp³-hybridized carbons (Fsp3) is 0.917. The van der Waals surface area contributed by atoms with Crippen molar-refractivity contribution in [3.05, 3.63) is 0 Å². The molecule has 0 bridgehead atoms. The van der Waals surface area contributed by atoms with Crippen LogP contribution in [0, 0.1) is 0 Å². The Bertz CT molecular complexity index is 254. The Kier molecular flexibility index (Phi) is 7.51. The molecule has 0 aromatic rings. The lowest BCUT2D eigenvalue weighted by molar-refractivity contribution is -0.123. The van der Waals surface area contributed by atoms with Crippen molar-refractivity contribution in [2.45, 2.75) is 56.4 Å². The fourth-order valence-electron chi connectivity index (χ4n) is 2.04. The van der Waals surface area contributed by atoms with Crippen LogP contribution in [0.5, 0.6) is 0 Å². The Hall–Kier alpha value is -0.420. The molecule has 0 heterocycles. The zero-order valence-corrected chi connectivity index (χ0v) is 11.1. The molecule has 0 aliphatic heterocycles. The average Bonchev–Trinajstić information content (AvgIpc) is 2.50. The molecule has 0 aromatic heterocycles. The van der Waals surface area contributed by atoms with E-state index in [9.17, 15) is 13.6 Å². The molecule has 1 aliphatic rings. The Morgan fingerprint density at radius 3 is 2.78 bits per heavy atom. The third-order valence-corrected chi connectivity index (χ3v) is 3.52. The van der Waals surface area contributed by atoms with Crippen LogP contribution in [0.15, 0.2) is 0 Å². The van der Waals surface area contributed by atoms with Crippen LogP contribution in [0.25, 0.3) is 0 Å². The van der Waals surface area contributed by atoms with Gasteiger partial charge in [0.1, 0.15) is 6.61 Å². The Morgan fingerprint density at radius 1 is 1.33 bits per heavy atom. The van der Waals surface area contributed by atoms with Crippen molar-refractivity contribution >= 4 is 17.5 Å². The van der Waals surface area contributed by atoms with Gasteiger partial charge in [0.15, 0.2) is 0 Å². The first-order valence-corrected chi connectivity index (χ1v) is 6.82. The van der Waals surface area contributed by atoms with Crippen LogP contribution in [-0.4, -0.2) is 37.0 Å². The van der Waals surface area contributed by atoms with Gasteiger partial charge in [0.05, 0.1) is 12.0 Å². The molecule has 1 aliphatic carbocycles. The van der Waals surface area contributed by atoms with E-state index >= 15 is 0 Å². The molecular weight excluding hydrogens is 264 g/mol. The average molecular weight is 284 g/mol. The molecule has 18 heavy (non-hydrogen) atoms. The van der Waals surface area contributed by atoms with E-state index in [1.54, 1.807) is 0 Å². The summed E-state index contributed by atoms with van der Waals surface area (Å²) in [5.41, 5.74) is 0. The summed E-state index contributed by atoms with van der Waals surface area (Å²) in [4.78, 5) is 11.6. The van der Waals surface area contributed by atoms with Gasteiger partial charge in [-0.2, -0.15) is 0 Å². The molecule has 0 aromatic carbocycles. The number of halogens is 3. The quantitative estimate of drug-likeness (QED) is 0.462. The third-order valence-electron chi connectivity index (χ3n) is 3.00. The summed E-state index contributed by atoms with van der Waals surface area (Å²) >= 11 is 6.19. The summed E-state index contributed by atoms with van der Waals surface area (Å²) in [6.07, 6.45) is 2.72. The maximum atomic E-state index is 11.8. The van der Waals surface area contributed by atoms with Crippen molar-refractivity contribution < 1.29 is 18.3 Å². The van der Waals surface area contributed by atoms with Gasteiger partial charge in [-0.15, -0.1) is 11.6 Å². The summed E-state index contributed by atoms with van der Waals surface area (Å²) in [5, 5.41) is 2.83. The number of hydrogen-bond donors (Lipinski definition) is 1. The first-order valence-electron chi connectivity index (χ1n) is 6.39. The summed E-state index contributed by atoms with van der Waals surface area (Å²) in [5.74, 6) is -0.179. The number of nitrogens with one attached hydrogen (secondary N) is 1. The van der Waals surface area contributed by atoms with Gasteiger partial charge in [0.2, 0.25) is 5.91 Å².